The van der Waals surface area contributed by atoms with Crippen LogP contribution in [0.5, 0.6) is 0 Å². The lowest BCUT2D eigenvalue weighted by molar-refractivity contribution is 0.562. The van der Waals surface area contributed by atoms with Crippen molar-refractivity contribution in [2.75, 3.05) is 20.1 Å². The number of guanidine groups is 1. The summed E-state index contributed by atoms with van der Waals surface area (Å²) in [5, 5.41) is 10.1. The molecule has 2 N–H and O–H groups in total. The van der Waals surface area contributed by atoms with Crippen molar-refractivity contribution in [1.29, 1.82) is 0 Å². The third-order valence-corrected chi connectivity index (χ3v) is 5.14. The molecule has 0 fully saturated rings. The Kier molecular flexibility index (Phi) is 6.86. The maximum absolute atomic E-state index is 4.37. The molecule has 0 amide bonds. The molecule has 120 valence electrons. The number of thiazole rings is 1. The summed E-state index contributed by atoms with van der Waals surface area (Å²) >= 11 is 3.58. The molecule has 0 saturated heterocycles. The molecule has 0 aliphatic heterocycles. The van der Waals surface area contributed by atoms with Gasteiger partial charge in [-0.15, -0.1) is 22.7 Å². The smallest absolute Gasteiger partial charge is 0.190 e. The Bertz CT molecular complexity index is 575. The zero-order valence-electron chi connectivity index (χ0n) is 13.4. The predicted molar refractivity (Wildman–Crippen MR) is 97.1 cm³/mol. The summed E-state index contributed by atoms with van der Waals surface area (Å²) in [4.78, 5) is 11.4. The van der Waals surface area contributed by atoms with E-state index in [0.717, 1.165) is 31.9 Å². The highest BCUT2D eigenvalue weighted by molar-refractivity contribution is 7.11. The molecule has 0 aromatic carbocycles. The van der Waals surface area contributed by atoms with Crippen LogP contribution >= 0.6 is 22.7 Å². The topological polar surface area (TPSA) is 49.3 Å². The lowest BCUT2D eigenvalue weighted by Crippen LogP contribution is -2.40. The van der Waals surface area contributed by atoms with Crippen LogP contribution in [0.1, 0.15) is 21.7 Å². The second-order valence-corrected chi connectivity index (χ2v) is 7.73. The molecule has 0 spiro atoms. The summed E-state index contributed by atoms with van der Waals surface area (Å²) < 4.78 is 0. The summed E-state index contributed by atoms with van der Waals surface area (Å²) in [6, 6.07) is 4.31. The van der Waals surface area contributed by atoms with Gasteiger partial charge in [0, 0.05) is 42.5 Å². The van der Waals surface area contributed by atoms with Gasteiger partial charge in [0.15, 0.2) is 5.96 Å². The maximum Gasteiger partial charge on any atom is 0.190 e. The van der Waals surface area contributed by atoms with Gasteiger partial charge in [-0.05, 0) is 30.7 Å². The van der Waals surface area contributed by atoms with Crippen molar-refractivity contribution in [3.05, 3.63) is 38.5 Å². The highest BCUT2D eigenvalue weighted by Gasteiger charge is 2.06. The summed E-state index contributed by atoms with van der Waals surface area (Å²) in [7, 11) is 1.81. The van der Waals surface area contributed by atoms with E-state index in [4.69, 9.17) is 0 Å². The Morgan fingerprint density at radius 3 is 2.91 bits per heavy atom. The normalized spacial score (nSPS) is 13.1. The lowest BCUT2D eigenvalue weighted by Gasteiger charge is -2.15. The molecule has 22 heavy (non-hydrogen) atoms. The molecule has 2 rings (SSSR count). The molecule has 2 aromatic heterocycles. The van der Waals surface area contributed by atoms with Gasteiger partial charge < -0.3 is 10.6 Å². The average Bonchev–Trinajstić information content (AvgIpc) is 3.14. The molecule has 0 aliphatic carbocycles. The number of hydrogen-bond donors (Lipinski definition) is 2. The first kappa shape index (κ1) is 17.0. The minimum atomic E-state index is 0.582. The van der Waals surface area contributed by atoms with E-state index in [1.807, 2.05) is 24.6 Å². The molecule has 1 unspecified atom stereocenters. The Balaban J connectivity index is 1.66. The quantitative estimate of drug-likeness (QED) is 0.603. The Morgan fingerprint density at radius 2 is 2.27 bits per heavy atom. The summed E-state index contributed by atoms with van der Waals surface area (Å²) in [6.45, 7) is 6.13. The number of aliphatic imine (C=N–C) groups is 1. The van der Waals surface area contributed by atoms with Crippen LogP contribution in [0.3, 0.4) is 0 Å². The zero-order chi connectivity index (χ0) is 15.8. The van der Waals surface area contributed by atoms with Gasteiger partial charge in [-0.2, -0.15) is 0 Å². The van der Waals surface area contributed by atoms with Crippen LogP contribution in [0, 0.1) is 12.8 Å². The van der Waals surface area contributed by atoms with Crippen molar-refractivity contribution in [3.63, 3.8) is 0 Å². The van der Waals surface area contributed by atoms with Crippen molar-refractivity contribution in [2.45, 2.75) is 26.7 Å². The third-order valence-electron chi connectivity index (χ3n) is 3.27. The second-order valence-electron chi connectivity index (χ2n) is 5.38. The molecule has 0 bridgehead atoms. The third kappa shape index (κ3) is 5.77. The van der Waals surface area contributed by atoms with Crippen LogP contribution < -0.4 is 10.6 Å². The fourth-order valence-corrected chi connectivity index (χ4v) is 3.80. The summed E-state index contributed by atoms with van der Waals surface area (Å²) in [5.74, 6) is 1.45. The van der Waals surface area contributed by atoms with Crippen molar-refractivity contribution in [1.82, 2.24) is 15.6 Å². The van der Waals surface area contributed by atoms with Crippen LogP contribution in [0.4, 0.5) is 0 Å². The number of thiophene rings is 1. The molecule has 1 atom stereocenters. The number of aryl methyl sites for hydroxylation is 1. The highest BCUT2D eigenvalue weighted by Crippen LogP contribution is 2.13. The van der Waals surface area contributed by atoms with E-state index in [1.54, 1.807) is 11.3 Å². The van der Waals surface area contributed by atoms with Crippen LogP contribution in [-0.4, -0.2) is 31.1 Å². The molecule has 0 saturated carbocycles. The predicted octanol–water partition coefficient (Wildman–Crippen LogP) is 3.10. The second kappa shape index (κ2) is 8.90. The minimum absolute atomic E-state index is 0.582. The molecular weight excluding hydrogens is 312 g/mol. The Morgan fingerprint density at radius 1 is 1.41 bits per heavy atom. The number of rotatable bonds is 7. The zero-order valence-corrected chi connectivity index (χ0v) is 15.1. The lowest BCUT2D eigenvalue weighted by atomic mass is 10.1. The van der Waals surface area contributed by atoms with Crippen LogP contribution in [0.2, 0.25) is 0 Å². The fraction of sp³-hybridized carbons (Fsp3) is 0.500. The van der Waals surface area contributed by atoms with Crippen molar-refractivity contribution < 1.29 is 0 Å². The van der Waals surface area contributed by atoms with Crippen molar-refractivity contribution in [2.24, 2.45) is 10.9 Å². The molecule has 2 aromatic rings. The van der Waals surface area contributed by atoms with Gasteiger partial charge in [-0.25, -0.2) is 4.98 Å². The Hall–Kier alpha value is -1.40. The number of aromatic nitrogens is 1. The van der Waals surface area contributed by atoms with Gasteiger partial charge in [-0.1, -0.05) is 13.0 Å². The maximum atomic E-state index is 4.37. The van der Waals surface area contributed by atoms with Crippen LogP contribution in [0.25, 0.3) is 0 Å². The SMILES string of the molecule is CN=C(NCCc1ncc(C)s1)NCC(C)Cc1cccs1. The Labute approximate surface area is 140 Å². The van der Waals surface area contributed by atoms with E-state index >= 15 is 0 Å². The summed E-state index contributed by atoms with van der Waals surface area (Å²) in [5.41, 5.74) is 0. The van der Waals surface area contributed by atoms with Gasteiger partial charge in [0.1, 0.15) is 0 Å². The van der Waals surface area contributed by atoms with Crippen molar-refractivity contribution >= 4 is 28.6 Å². The number of nitrogens with zero attached hydrogens (tertiary/aromatic N) is 2. The van der Waals surface area contributed by atoms with E-state index < -0.39 is 0 Å². The number of nitrogens with one attached hydrogen (secondary N) is 2. The van der Waals surface area contributed by atoms with Gasteiger partial charge in [0.25, 0.3) is 0 Å². The molecule has 6 heteroatoms. The van der Waals surface area contributed by atoms with Gasteiger partial charge in [-0.3, -0.25) is 4.99 Å². The fourth-order valence-electron chi connectivity index (χ4n) is 2.14. The molecule has 4 nitrogen and oxygen atoms in total. The van der Waals surface area contributed by atoms with Gasteiger partial charge >= 0.3 is 0 Å². The van der Waals surface area contributed by atoms with Gasteiger partial charge in [0.2, 0.25) is 0 Å². The largest absolute Gasteiger partial charge is 0.356 e. The summed E-state index contributed by atoms with van der Waals surface area (Å²) in [6.07, 6.45) is 3.98. The first-order valence-electron chi connectivity index (χ1n) is 7.55. The van der Waals surface area contributed by atoms with Gasteiger partial charge in [0.05, 0.1) is 5.01 Å². The standard InChI is InChI=1S/C16H24N4S2/c1-12(9-14-5-4-8-21-14)10-20-16(17-3)18-7-6-15-19-11-13(2)22-15/h4-5,8,11-12H,6-7,9-10H2,1-3H3,(H2,17,18,20). The molecule has 0 aliphatic rings. The van der Waals surface area contributed by atoms with E-state index in [2.05, 4.69) is 52.0 Å². The minimum Gasteiger partial charge on any atom is -0.356 e. The van der Waals surface area contributed by atoms with Crippen LogP contribution in [0.15, 0.2) is 28.7 Å². The monoisotopic (exact) mass is 336 g/mol. The first-order valence-corrected chi connectivity index (χ1v) is 9.25. The first-order chi connectivity index (χ1) is 10.7. The highest BCUT2D eigenvalue weighted by atomic mass is 32.1. The van der Waals surface area contributed by atoms with E-state index in [1.165, 1.54) is 14.8 Å². The van der Waals surface area contributed by atoms with E-state index in [0.29, 0.717) is 5.92 Å². The average molecular weight is 337 g/mol. The molecular formula is C16H24N4S2. The molecule has 2 heterocycles. The van der Waals surface area contributed by atoms with E-state index in [9.17, 15) is 0 Å². The number of hydrogen-bond acceptors (Lipinski definition) is 4. The van der Waals surface area contributed by atoms with E-state index in [-0.39, 0.29) is 0 Å². The van der Waals surface area contributed by atoms with Crippen molar-refractivity contribution in [3.8, 4) is 0 Å². The molecule has 0 radical (unpaired) electrons. The van der Waals surface area contributed by atoms with Crippen LogP contribution in [-0.2, 0) is 12.8 Å².